The van der Waals surface area contributed by atoms with E-state index in [-0.39, 0.29) is 0 Å². The van der Waals surface area contributed by atoms with Gasteiger partial charge in [-0.15, -0.1) is 0 Å². The van der Waals surface area contributed by atoms with E-state index in [2.05, 4.69) is 16.8 Å². The Morgan fingerprint density at radius 2 is 1.80 bits per heavy atom. The topological polar surface area (TPSA) is 41.6 Å². The number of rotatable bonds is 1. The standard InChI is InChI=1S/C12H23N3/c1-10-6-7-11(10)14-12(13)15-8-4-2-3-5-9-15/h10-11H,2-9H2,1H3,(H2,13,14). The van der Waals surface area contributed by atoms with E-state index in [9.17, 15) is 0 Å². The molecule has 0 aromatic carbocycles. The number of likely N-dealkylation sites (tertiary alicyclic amines) is 1. The highest BCUT2D eigenvalue weighted by molar-refractivity contribution is 5.78. The van der Waals surface area contributed by atoms with Gasteiger partial charge in [0.2, 0.25) is 0 Å². The zero-order chi connectivity index (χ0) is 10.7. The van der Waals surface area contributed by atoms with Gasteiger partial charge >= 0.3 is 0 Å². The first-order valence-electron chi connectivity index (χ1n) is 6.35. The maximum absolute atomic E-state index is 6.07. The first-order valence-corrected chi connectivity index (χ1v) is 6.35. The summed E-state index contributed by atoms with van der Waals surface area (Å²) in [4.78, 5) is 6.92. The lowest BCUT2D eigenvalue weighted by Gasteiger charge is -2.32. The van der Waals surface area contributed by atoms with Crippen molar-refractivity contribution in [1.82, 2.24) is 4.90 Å². The number of hydrogen-bond acceptors (Lipinski definition) is 1. The molecule has 3 heteroatoms. The number of hydrogen-bond donors (Lipinski definition) is 1. The summed E-state index contributed by atoms with van der Waals surface area (Å²) in [6, 6.07) is 0.508. The van der Waals surface area contributed by atoms with Crippen molar-refractivity contribution in [3.8, 4) is 0 Å². The van der Waals surface area contributed by atoms with E-state index in [1.807, 2.05) is 0 Å². The van der Waals surface area contributed by atoms with Crippen LogP contribution in [0.1, 0.15) is 45.4 Å². The van der Waals surface area contributed by atoms with Crippen LogP contribution in [-0.2, 0) is 0 Å². The summed E-state index contributed by atoms with van der Waals surface area (Å²) in [6.45, 7) is 4.49. The minimum Gasteiger partial charge on any atom is -0.370 e. The van der Waals surface area contributed by atoms with Gasteiger partial charge < -0.3 is 10.6 Å². The summed E-state index contributed by atoms with van der Waals surface area (Å²) in [5, 5.41) is 0. The van der Waals surface area contributed by atoms with E-state index in [4.69, 9.17) is 5.73 Å². The van der Waals surface area contributed by atoms with Gasteiger partial charge in [0, 0.05) is 13.1 Å². The van der Waals surface area contributed by atoms with Gasteiger partial charge in [0.25, 0.3) is 0 Å². The number of aliphatic imine (C=N–C) groups is 1. The van der Waals surface area contributed by atoms with Crippen LogP contribution in [0.2, 0.25) is 0 Å². The van der Waals surface area contributed by atoms with E-state index in [0.717, 1.165) is 25.0 Å². The Labute approximate surface area is 92.7 Å². The molecule has 2 N–H and O–H groups in total. The maximum Gasteiger partial charge on any atom is 0.191 e. The third kappa shape index (κ3) is 2.64. The van der Waals surface area contributed by atoms with Gasteiger partial charge in [-0.2, -0.15) is 0 Å². The van der Waals surface area contributed by atoms with Crippen molar-refractivity contribution < 1.29 is 0 Å². The van der Waals surface area contributed by atoms with Crippen molar-refractivity contribution in [3.63, 3.8) is 0 Å². The molecule has 0 spiro atoms. The van der Waals surface area contributed by atoms with E-state index in [1.165, 1.54) is 38.5 Å². The molecule has 1 heterocycles. The van der Waals surface area contributed by atoms with Gasteiger partial charge in [0.05, 0.1) is 6.04 Å². The van der Waals surface area contributed by atoms with Crippen LogP contribution in [0.25, 0.3) is 0 Å². The van der Waals surface area contributed by atoms with E-state index >= 15 is 0 Å². The molecule has 1 saturated carbocycles. The van der Waals surface area contributed by atoms with Crippen LogP contribution >= 0.6 is 0 Å². The third-order valence-electron chi connectivity index (χ3n) is 3.80. The predicted molar refractivity (Wildman–Crippen MR) is 63.8 cm³/mol. The molecule has 0 aromatic rings. The molecule has 3 nitrogen and oxygen atoms in total. The minimum absolute atomic E-state index is 0.508. The summed E-state index contributed by atoms with van der Waals surface area (Å²) < 4.78 is 0. The van der Waals surface area contributed by atoms with Crippen LogP contribution in [0, 0.1) is 5.92 Å². The van der Waals surface area contributed by atoms with Crippen LogP contribution in [0.3, 0.4) is 0 Å². The molecule has 1 saturated heterocycles. The highest BCUT2D eigenvalue weighted by Gasteiger charge is 2.27. The Balaban J connectivity index is 1.89. The van der Waals surface area contributed by atoms with E-state index in [0.29, 0.717) is 6.04 Å². The van der Waals surface area contributed by atoms with Gasteiger partial charge in [-0.25, -0.2) is 4.99 Å². The third-order valence-corrected chi connectivity index (χ3v) is 3.80. The highest BCUT2D eigenvalue weighted by atomic mass is 15.3. The SMILES string of the molecule is CC1CCC1N=C(N)N1CCCCCC1. The van der Waals surface area contributed by atoms with Gasteiger partial charge in [0.15, 0.2) is 5.96 Å². The molecule has 2 fully saturated rings. The molecular formula is C12H23N3. The van der Waals surface area contributed by atoms with Crippen LogP contribution in [0.4, 0.5) is 0 Å². The second kappa shape index (κ2) is 4.86. The lowest BCUT2D eigenvalue weighted by Crippen LogP contribution is -2.41. The van der Waals surface area contributed by atoms with E-state index < -0.39 is 0 Å². The monoisotopic (exact) mass is 209 g/mol. The van der Waals surface area contributed by atoms with Crippen LogP contribution < -0.4 is 5.73 Å². The Bertz CT molecular complexity index is 229. The van der Waals surface area contributed by atoms with E-state index in [1.54, 1.807) is 0 Å². The summed E-state index contributed by atoms with van der Waals surface area (Å²) in [6.07, 6.45) is 7.80. The first-order chi connectivity index (χ1) is 7.27. The molecule has 0 bridgehead atoms. The van der Waals surface area contributed by atoms with Crippen molar-refractivity contribution in [1.29, 1.82) is 0 Å². The molecule has 1 aliphatic carbocycles. The van der Waals surface area contributed by atoms with Crippen LogP contribution in [0.5, 0.6) is 0 Å². The molecule has 1 aliphatic heterocycles. The fraction of sp³-hybridized carbons (Fsp3) is 0.917. The maximum atomic E-state index is 6.07. The van der Waals surface area contributed by atoms with Crippen molar-refractivity contribution in [2.45, 2.75) is 51.5 Å². The zero-order valence-corrected chi connectivity index (χ0v) is 9.78. The van der Waals surface area contributed by atoms with Crippen LogP contribution in [0.15, 0.2) is 4.99 Å². The molecule has 0 radical (unpaired) electrons. The van der Waals surface area contributed by atoms with Gasteiger partial charge in [-0.3, -0.25) is 0 Å². The van der Waals surface area contributed by atoms with Crippen molar-refractivity contribution in [2.24, 2.45) is 16.6 Å². The fourth-order valence-electron chi connectivity index (χ4n) is 2.39. The van der Waals surface area contributed by atoms with Crippen molar-refractivity contribution in [2.75, 3.05) is 13.1 Å². The molecule has 15 heavy (non-hydrogen) atoms. The van der Waals surface area contributed by atoms with Gasteiger partial charge in [-0.1, -0.05) is 19.8 Å². The normalized spacial score (nSPS) is 33.4. The van der Waals surface area contributed by atoms with Gasteiger partial charge in [0.1, 0.15) is 0 Å². The van der Waals surface area contributed by atoms with Crippen molar-refractivity contribution in [3.05, 3.63) is 0 Å². The molecule has 0 amide bonds. The molecule has 2 aliphatic rings. The molecule has 2 atom stereocenters. The quantitative estimate of drug-likeness (QED) is 0.530. The predicted octanol–water partition coefficient (Wildman–Crippen LogP) is 1.98. The zero-order valence-electron chi connectivity index (χ0n) is 9.78. The Hall–Kier alpha value is -0.730. The average molecular weight is 209 g/mol. The summed E-state index contributed by atoms with van der Waals surface area (Å²) in [7, 11) is 0. The highest BCUT2D eigenvalue weighted by Crippen LogP contribution is 2.29. The molecular weight excluding hydrogens is 186 g/mol. The largest absolute Gasteiger partial charge is 0.370 e. The first kappa shape index (κ1) is 10.8. The molecule has 2 rings (SSSR count). The Morgan fingerprint density at radius 3 is 2.27 bits per heavy atom. The van der Waals surface area contributed by atoms with Crippen LogP contribution in [-0.4, -0.2) is 30.0 Å². The lowest BCUT2D eigenvalue weighted by atomic mass is 9.82. The molecule has 86 valence electrons. The summed E-state index contributed by atoms with van der Waals surface area (Å²) in [5.74, 6) is 1.55. The second-order valence-corrected chi connectivity index (χ2v) is 5.01. The Morgan fingerprint density at radius 1 is 1.13 bits per heavy atom. The minimum atomic E-state index is 0.508. The lowest BCUT2D eigenvalue weighted by molar-refractivity contribution is 0.279. The molecule has 0 aromatic heterocycles. The van der Waals surface area contributed by atoms with Gasteiger partial charge in [-0.05, 0) is 31.6 Å². The summed E-state index contributed by atoms with van der Waals surface area (Å²) in [5.41, 5.74) is 6.07. The fourth-order valence-corrected chi connectivity index (χ4v) is 2.39. The smallest absolute Gasteiger partial charge is 0.191 e. The number of nitrogens with two attached hydrogens (primary N) is 1. The van der Waals surface area contributed by atoms with Crippen molar-refractivity contribution >= 4 is 5.96 Å². The second-order valence-electron chi connectivity index (χ2n) is 5.01. The average Bonchev–Trinajstić information content (AvgIpc) is 2.52. The Kier molecular flexibility index (Phi) is 3.49. The summed E-state index contributed by atoms with van der Waals surface area (Å²) >= 11 is 0. The number of nitrogens with zero attached hydrogens (tertiary/aromatic N) is 2. The number of guanidine groups is 1. The molecule has 2 unspecified atom stereocenters.